The van der Waals surface area contributed by atoms with E-state index >= 15 is 0 Å². The zero-order valence-corrected chi connectivity index (χ0v) is 15.8. The minimum absolute atomic E-state index is 0.703. The van der Waals surface area contributed by atoms with Gasteiger partial charge in [0.05, 0.1) is 5.71 Å². The van der Waals surface area contributed by atoms with Gasteiger partial charge in [0.2, 0.25) is 0 Å². The van der Waals surface area contributed by atoms with Crippen molar-refractivity contribution in [1.29, 1.82) is 0 Å². The fourth-order valence-electron chi connectivity index (χ4n) is 2.15. The number of allylic oxidation sites excluding steroid dienone is 3. The summed E-state index contributed by atoms with van der Waals surface area (Å²) < 4.78 is 0. The maximum Gasteiger partial charge on any atom is 0.110 e. The first-order valence-electron chi connectivity index (χ1n) is 8.48. The van der Waals surface area contributed by atoms with E-state index in [9.17, 15) is 0 Å². The number of hydrogen-bond acceptors (Lipinski definition) is 3. The highest BCUT2D eigenvalue weighted by Gasteiger charge is 2.03. The summed E-state index contributed by atoms with van der Waals surface area (Å²) in [6.45, 7) is 13.0. The molecule has 0 saturated heterocycles. The van der Waals surface area contributed by atoms with Crippen LogP contribution in [0.5, 0.6) is 0 Å². The minimum Gasteiger partial charge on any atom is -0.273 e. The summed E-state index contributed by atoms with van der Waals surface area (Å²) in [4.78, 5) is 9.98. The van der Waals surface area contributed by atoms with E-state index < -0.39 is 0 Å². The van der Waals surface area contributed by atoms with Crippen molar-refractivity contribution in [2.45, 2.75) is 6.42 Å². The largest absolute Gasteiger partial charge is 0.273 e. The molecule has 1 heterocycles. The second-order valence-electron chi connectivity index (χ2n) is 5.73. The topological polar surface area (TPSA) is 24.7 Å². The van der Waals surface area contributed by atoms with Gasteiger partial charge in [-0.15, -0.1) is 11.8 Å². The van der Waals surface area contributed by atoms with Crippen molar-refractivity contribution >= 4 is 37.0 Å². The first-order chi connectivity index (χ1) is 12.6. The molecule has 3 heteroatoms. The molecule has 0 fully saturated rings. The fraction of sp³-hybridized carbons (Fsp3) is 0.130. The third kappa shape index (κ3) is 7.49. The van der Waals surface area contributed by atoms with Gasteiger partial charge < -0.3 is 0 Å². The summed E-state index contributed by atoms with van der Waals surface area (Å²) in [5.41, 5.74) is 1.93. The Morgan fingerprint density at radius 2 is 1.73 bits per heavy atom. The zero-order valence-electron chi connectivity index (χ0n) is 15.0. The SMILES string of the molecule is C=C1/C=C\C=C/CCN=CN=C(c2ccc(=C)ccccc(=C)c2)CS1. The monoisotopic (exact) mass is 360 g/mol. The lowest BCUT2D eigenvalue weighted by Gasteiger charge is -2.05. The van der Waals surface area contributed by atoms with E-state index in [1.54, 1.807) is 18.1 Å². The lowest BCUT2D eigenvalue weighted by molar-refractivity contribution is 1.01. The van der Waals surface area contributed by atoms with Gasteiger partial charge in [-0.05, 0) is 34.6 Å². The second kappa shape index (κ2) is 11.1. The molecule has 26 heavy (non-hydrogen) atoms. The van der Waals surface area contributed by atoms with E-state index in [1.807, 2.05) is 60.7 Å². The third-order valence-corrected chi connectivity index (χ3v) is 4.45. The van der Waals surface area contributed by atoms with Gasteiger partial charge in [-0.2, -0.15) is 0 Å². The van der Waals surface area contributed by atoms with E-state index in [1.165, 1.54) is 0 Å². The fourth-order valence-corrected chi connectivity index (χ4v) is 2.88. The smallest absolute Gasteiger partial charge is 0.110 e. The van der Waals surface area contributed by atoms with Crippen molar-refractivity contribution < 1.29 is 0 Å². The molecule has 1 aliphatic rings. The van der Waals surface area contributed by atoms with Gasteiger partial charge in [-0.3, -0.25) is 4.99 Å². The van der Waals surface area contributed by atoms with Crippen LogP contribution in [0.25, 0.3) is 13.2 Å². The van der Waals surface area contributed by atoms with Crippen molar-refractivity contribution in [2.75, 3.05) is 12.3 Å². The number of aliphatic imine (C=N–C) groups is 2. The average molecular weight is 361 g/mol. The predicted molar refractivity (Wildman–Crippen MR) is 119 cm³/mol. The Balaban J connectivity index is 2.47. The first kappa shape index (κ1) is 19.7. The summed E-state index contributed by atoms with van der Waals surface area (Å²) >= 11 is 1.66. The highest BCUT2D eigenvalue weighted by Crippen LogP contribution is 2.17. The molecular formula is C23H24N2S. The summed E-state index contributed by atoms with van der Waals surface area (Å²) in [5, 5.41) is 1.84. The summed E-state index contributed by atoms with van der Waals surface area (Å²) in [6, 6.07) is 13.9. The van der Waals surface area contributed by atoms with Crippen molar-refractivity contribution in [2.24, 2.45) is 9.98 Å². The molecule has 2 rings (SSSR count). The number of hydrogen-bond donors (Lipinski definition) is 0. The highest BCUT2D eigenvalue weighted by atomic mass is 32.2. The molecule has 0 radical (unpaired) electrons. The predicted octanol–water partition coefficient (Wildman–Crippen LogP) is 4.21. The lowest BCUT2D eigenvalue weighted by Crippen LogP contribution is -2.08. The first-order valence-corrected chi connectivity index (χ1v) is 9.46. The maximum atomic E-state index is 4.61. The zero-order chi connectivity index (χ0) is 18.6. The van der Waals surface area contributed by atoms with E-state index in [4.69, 9.17) is 0 Å². The van der Waals surface area contributed by atoms with Crippen LogP contribution in [-0.4, -0.2) is 24.3 Å². The van der Waals surface area contributed by atoms with Crippen molar-refractivity contribution in [3.05, 3.63) is 94.3 Å². The average Bonchev–Trinajstić information content (AvgIpc) is 2.64. The van der Waals surface area contributed by atoms with E-state index in [0.717, 1.165) is 39.6 Å². The molecule has 0 bridgehead atoms. The van der Waals surface area contributed by atoms with Gasteiger partial charge in [0.25, 0.3) is 0 Å². The van der Waals surface area contributed by atoms with Gasteiger partial charge in [-0.1, -0.05) is 74.4 Å². The molecule has 1 aliphatic heterocycles. The Bertz CT molecular complexity index is 906. The quantitative estimate of drug-likeness (QED) is 0.736. The molecule has 0 unspecified atom stereocenters. The highest BCUT2D eigenvalue weighted by molar-refractivity contribution is 8.03. The molecular weight excluding hydrogens is 336 g/mol. The maximum absolute atomic E-state index is 4.61. The number of thioether (sulfide) groups is 1. The van der Waals surface area contributed by atoms with Crippen molar-refractivity contribution in [3.63, 3.8) is 0 Å². The van der Waals surface area contributed by atoms with Crippen LogP contribution in [0.3, 0.4) is 0 Å². The third-order valence-electron chi connectivity index (χ3n) is 3.53. The van der Waals surface area contributed by atoms with E-state index in [2.05, 4.69) is 35.8 Å². The Morgan fingerprint density at radius 3 is 2.58 bits per heavy atom. The molecule has 1 aromatic rings. The molecule has 132 valence electrons. The number of rotatable bonds is 1. The van der Waals surface area contributed by atoms with Gasteiger partial charge in [-0.25, -0.2) is 4.99 Å². The summed E-state index contributed by atoms with van der Waals surface area (Å²) in [5.74, 6) is 0.703. The molecule has 0 aromatic heterocycles. The Morgan fingerprint density at radius 1 is 0.923 bits per heavy atom. The van der Waals surface area contributed by atoms with Gasteiger partial charge >= 0.3 is 0 Å². The van der Waals surface area contributed by atoms with Gasteiger partial charge in [0.1, 0.15) is 6.34 Å². The standard InChI is InChI=1S/C23H24N2S/c1-19-10-7-8-11-20(2)16-22(14-13-19)23-17-26-21(3)12-6-4-5-9-15-24-18-25-23/h4-8,10-14,16,18H,1-3,9,15,17H2/b5-4-,10-7?,11-8?,12-6-,14-13?,22-16?,24-18?,25-23?. The van der Waals surface area contributed by atoms with Crippen LogP contribution >= 0.6 is 11.8 Å². The Labute approximate surface area is 160 Å². The van der Waals surface area contributed by atoms with Crippen LogP contribution in [0.15, 0.2) is 88.2 Å². The Hall–Kier alpha value is -2.65. The van der Waals surface area contributed by atoms with Crippen LogP contribution in [-0.2, 0) is 0 Å². The van der Waals surface area contributed by atoms with Crippen LogP contribution in [0.4, 0.5) is 0 Å². The molecule has 0 aliphatic carbocycles. The lowest BCUT2D eigenvalue weighted by atomic mass is 10.1. The van der Waals surface area contributed by atoms with Crippen LogP contribution in [0.1, 0.15) is 12.0 Å². The Kier molecular flexibility index (Phi) is 8.37. The molecule has 0 atom stereocenters. The molecule has 0 N–H and O–H groups in total. The van der Waals surface area contributed by atoms with Crippen LogP contribution in [0, 0.1) is 0 Å². The molecule has 0 spiro atoms. The number of nitrogens with zero attached hydrogens (tertiary/aromatic N) is 2. The molecule has 0 saturated carbocycles. The van der Waals surface area contributed by atoms with Crippen LogP contribution < -0.4 is 10.4 Å². The second-order valence-corrected chi connectivity index (χ2v) is 6.83. The minimum atomic E-state index is 0.703. The molecule has 1 aromatic carbocycles. The van der Waals surface area contributed by atoms with Gasteiger partial charge in [0.15, 0.2) is 0 Å². The van der Waals surface area contributed by atoms with Gasteiger partial charge in [0, 0.05) is 17.2 Å². The summed E-state index contributed by atoms with van der Waals surface area (Å²) in [7, 11) is 0. The normalized spacial score (nSPS) is 17.7. The van der Waals surface area contributed by atoms with E-state index in [0.29, 0.717) is 5.75 Å². The molecule has 0 amide bonds. The molecule has 2 nitrogen and oxygen atoms in total. The van der Waals surface area contributed by atoms with Crippen LogP contribution in [0.2, 0.25) is 0 Å². The van der Waals surface area contributed by atoms with Crippen molar-refractivity contribution in [1.82, 2.24) is 0 Å². The summed E-state index contributed by atoms with van der Waals surface area (Å²) in [6.07, 6.45) is 10.7. The van der Waals surface area contributed by atoms with E-state index in [-0.39, 0.29) is 0 Å². The van der Waals surface area contributed by atoms with Crippen molar-refractivity contribution in [3.8, 4) is 0 Å².